The minimum atomic E-state index is -0.459. The Kier molecular flexibility index (Phi) is 1.98. The fraction of sp³-hybridized carbons (Fsp3) is 0. The third-order valence-electron chi connectivity index (χ3n) is 1.21. The predicted octanol–water partition coefficient (Wildman–Crippen LogP) is 1.74. The predicted molar refractivity (Wildman–Crippen MR) is 39.0 cm³/mol. The summed E-state index contributed by atoms with van der Waals surface area (Å²) in [7, 11) is 0. The van der Waals surface area contributed by atoms with Crippen LogP contribution in [0.1, 0.15) is 11.3 Å². The van der Waals surface area contributed by atoms with E-state index in [9.17, 15) is 4.39 Å². The highest BCUT2D eigenvalue weighted by Crippen LogP contribution is 2.07. The van der Waals surface area contributed by atoms with Crippen molar-refractivity contribution in [2.45, 2.75) is 0 Å². The van der Waals surface area contributed by atoms with Crippen molar-refractivity contribution >= 4 is 6.08 Å². The standard InChI is InChI=1S/C8H5FN2/c1-2-6-3-7(9)5-11-8(6)4-10/h2-3,5H,1H2. The van der Waals surface area contributed by atoms with Gasteiger partial charge in [-0.25, -0.2) is 9.37 Å². The molecule has 2 nitrogen and oxygen atoms in total. The van der Waals surface area contributed by atoms with Gasteiger partial charge in [-0.1, -0.05) is 12.7 Å². The molecule has 0 aromatic carbocycles. The first-order chi connectivity index (χ1) is 5.27. The topological polar surface area (TPSA) is 36.7 Å². The van der Waals surface area contributed by atoms with Crippen molar-refractivity contribution in [3.8, 4) is 6.07 Å². The lowest BCUT2D eigenvalue weighted by atomic mass is 10.2. The van der Waals surface area contributed by atoms with Gasteiger partial charge < -0.3 is 0 Å². The Morgan fingerprint density at radius 3 is 3.00 bits per heavy atom. The Balaban J connectivity index is 3.30. The van der Waals surface area contributed by atoms with Gasteiger partial charge in [-0.15, -0.1) is 0 Å². The summed E-state index contributed by atoms with van der Waals surface area (Å²) in [5.41, 5.74) is 0.619. The first kappa shape index (κ1) is 7.42. The Morgan fingerprint density at radius 2 is 2.45 bits per heavy atom. The van der Waals surface area contributed by atoms with Gasteiger partial charge in [-0.3, -0.25) is 0 Å². The first-order valence-electron chi connectivity index (χ1n) is 2.96. The molecule has 1 aromatic heterocycles. The smallest absolute Gasteiger partial charge is 0.147 e. The van der Waals surface area contributed by atoms with E-state index in [1.54, 1.807) is 0 Å². The molecule has 1 aromatic rings. The summed E-state index contributed by atoms with van der Waals surface area (Å²) in [4.78, 5) is 3.56. The minimum absolute atomic E-state index is 0.196. The molecular formula is C8H5FN2. The number of hydrogen-bond acceptors (Lipinski definition) is 2. The zero-order valence-electron chi connectivity index (χ0n) is 5.71. The van der Waals surface area contributed by atoms with Crippen LogP contribution in [-0.2, 0) is 0 Å². The van der Waals surface area contributed by atoms with Crippen LogP contribution in [0.4, 0.5) is 4.39 Å². The molecule has 0 spiro atoms. The van der Waals surface area contributed by atoms with Crippen LogP contribution < -0.4 is 0 Å². The lowest BCUT2D eigenvalue weighted by Crippen LogP contribution is -1.88. The molecule has 0 aliphatic rings. The average molecular weight is 148 g/mol. The summed E-state index contributed by atoms with van der Waals surface area (Å²) in [5, 5.41) is 8.46. The molecule has 0 aliphatic heterocycles. The van der Waals surface area contributed by atoms with Gasteiger partial charge in [0.25, 0.3) is 0 Å². The first-order valence-corrected chi connectivity index (χ1v) is 2.96. The Morgan fingerprint density at radius 1 is 1.73 bits per heavy atom. The van der Waals surface area contributed by atoms with Crippen LogP contribution in [0, 0.1) is 17.1 Å². The molecule has 0 fully saturated rings. The molecule has 0 amide bonds. The van der Waals surface area contributed by atoms with Crippen molar-refractivity contribution in [3.63, 3.8) is 0 Å². The maximum absolute atomic E-state index is 12.5. The van der Waals surface area contributed by atoms with Crippen LogP contribution in [0.3, 0.4) is 0 Å². The van der Waals surface area contributed by atoms with Gasteiger partial charge in [0.2, 0.25) is 0 Å². The van der Waals surface area contributed by atoms with Crippen molar-refractivity contribution in [2.75, 3.05) is 0 Å². The van der Waals surface area contributed by atoms with Crippen LogP contribution in [0.25, 0.3) is 6.08 Å². The van der Waals surface area contributed by atoms with E-state index in [2.05, 4.69) is 11.6 Å². The maximum atomic E-state index is 12.5. The van der Waals surface area contributed by atoms with E-state index in [1.807, 2.05) is 6.07 Å². The van der Waals surface area contributed by atoms with E-state index in [-0.39, 0.29) is 5.69 Å². The van der Waals surface area contributed by atoms with Crippen molar-refractivity contribution < 1.29 is 4.39 Å². The van der Waals surface area contributed by atoms with Crippen LogP contribution >= 0.6 is 0 Å². The van der Waals surface area contributed by atoms with Crippen LogP contribution in [-0.4, -0.2) is 4.98 Å². The van der Waals surface area contributed by atoms with Gasteiger partial charge in [0.15, 0.2) is 0 Å². The van der Waals surface area contributed by atoms with Gasteiger partial charge in [-0.2, -0.15) is 5.26 Å². The zero-order valence-corrected chi connectivity index (χ0v) is 5.71. The van der Waals surface area contributed by atoms with E-state index in [0.717, 1.165) is 6.20 Å². The molecule has 0 radical (unpaired) electrons. The van der Waals surface area contributed by atoms with E-state index < -0.39 is 5.82 Å². The fourth-order valence-corrected chi connectivity index (χ4v) is 0.704. The highest BCUT2D eigenvalue weighted by Gasteiger charge is 1.99. The summed E-state index contributed by atoms with van der Waals surface area (Å²) >= 11 is 0. The highest BCUT2D eigenvalue weighted by molar-refractivity contribution is 5.53. The Hall–Kier alpha value is -1.69. The molecule has 0 aliphatic carbocycles. The molecule has 0 saturated heterocycles. The minimum Gasteiger partial charge on any atom is -0.242 e. The molecule has 0 N–H and O–H groups in total. The van der Waals surface area contributed by atoms with Crippen molar-refractivity contribution in [3.05, 3.63) is 35.9 Å². The number of nitriles is 1. The average Bonchev–Trinajstić information content (AvgIpc) is 2.04. The van der Waals surface area contributed by atoms with Gasteiger partial charge in [0, 0.05) is 5.56 Å². The third kappa shape index (κ3) is 1.41. The number of aromatic nitrogens is 1. The summed E-state index contributed by atoms with van der Waals surface area (Å²) < 4.78 is 12.5. The van der Waals surface area contributed by atoms with Crippen LogP contribution in [0.2, 0.25) is 0 Å². The molecule has 0 bridgehead atoms. The Bertz CT molecular complexity index is 325. The van der Waals surface area contributed by atoms with Gasteiger partial charge >= 0.3 is 0 Å². The molecule has 0 unspecified atom stereocenters. The lowest BCUT2D eigenvalue weighted by Gasteiger charge is -1.94. The van der Waals surface area contributed by atoms with Crippen LogP contribution in [0.15, 0.2) is 18.8 Å². The second kappa shape index (κ2) is 2.93. The van der Waals surface area contributed by atoms with E-state index in [1.165, 1.54) is 12.1 Å². The molecule has 1 heterocycles. The monoisotopic (exact) mass is 148 g/mol. The second-order valence-electron chi connectivity index (χ2n) is 1.91. The van der Waals surface area contributed by atoms with Crippen molar-refractivity contribution in [1.29, 1.82) is 5.26 Å². The lowest BCUT2D eigenvalue weighted by molar-refractivity contribution is 0.620. The van der Waals surface area contributed by atoms with E-state index >= 15 is 0 Å². The van der Waals surface area contributed by atoms with E-state index in [0.29, 0.717) is 5.56 Å². The Labute approximate surface area is 63.6 Å². The number of rotatable bonds is 1. The van der Waals surface area contributed by atoms with E-state index in [4.69, 9.17) is 5.26 Å². The van der Waals surface area contributed by atoms with Gasteiger partial charge in [-0.05, 0) is 6.07 Å². The SMILES string of the molecule is C=Cc1cc(F)cnc1C#N. The van der Waals surface area contributed by atoms with Crippen molar-refractivity contribution in [1.82, 2.24) is 4.98 Å². The number of nitrogens with zero attached hydrogens (tertiary/aromatic N) is 2. The molecular weight excluding hydrogens is 143 g/mol. The molecule has 3 heteroatoms. The molecule has 11 heavy (non-hydrogen) atoms. The maximum Gasteiger partial charge on any atom is 0.147 e. The van der Waals surface area contributed by atoms with Gasteiger partial charge in [0.1, 0.15) is 17.6 Å². The molecule has 0 saturated carbocycles. The molecule has 1 rings (SSSR count). The number of halogens is 1. The molecule has 0 atom stereocenters. The summed E-state index contributed by atoms with van der Waals surface area (Å²) in [5.74, 6) is -0.459. The largest absolute Gasteiger partial charge is 0.242 e. The number of pyridine rings is 1. The second-order valence-corrected chi connectivity index (χ2v) is 1.91. The highest BCUT2D eigenvalue weighted by atomic mass is 19.1. The third-order valence-corrected chi connectivity index (χ3v) is 1.21. The quantitative estimate of drug-likeness (QED) is 0.608. The normalized spacial score (nSPS) is 8.73. The molecule has 54 valence electrons. The van der Waals surface area contributed by atoms with Crippen LogP contribution in [0.5, 0.6) is 0 Å². The summed E-state index contributed by atoms with van der Waals surface area (Å²) in [6, 6.07) is 3.05. The fourth-order valence-electron chi connectivity index (χ4n) is 0.704. The van der Waals surface area contributed by atoms with Crippen molar-refractivity contribution in [2.24, 2.45) is 0 Å². The zero-order chi connectivity index (χ0) is 8.27. The number of hydrogen-bond donors (Lipinski definition) is 0. The van der Waals surface area contributed by atoms with Gasteiger partial charge in [0.05, 0.1) is 6.20 Å². The summed E-state index contributed by atoms with van der Waals surface area (Å²) in [6.07, 6.45) is 2.40. The summed E-state index contributed by atoms with van der Waals surface area (Å²) in [6.45, 7) is 3.42.